The molecule has 0 aliphatic rings. The first-order valence-corrected chi connectivity index (χ1v) is 7.52. The molecule has 124 valence electrons. The van der Waals surface area contributed by atoms with E-state index in [2.05, 4.69) is 15.4 Å². The Morgan fingerprint density at radius 2 is 2.13 bits per heavy atom. The average Bonchev–Trinajstić information content (AvgIpc) is 3.09. The minimum Gasteiger partial charge on any atom is -0.493 e. The molecule has 23 heavy (non-hydrogen) atoms. The Hall–Kier alpha value is -2.57. The predicted octanol–water partition coefficient (Wildman–Crippen LogP) is 2.12. The monoisotopic (exact) mass is 318 g/mol. The first kappa shape index (κ1) is 16.8. The van der Waals surface area contributed by atoms with Crippen LogP contribution in [0.1, 0.15) is 38.4 Å². The first-order valence-electron chi connectivity index (χ1n) is 7.52. The van der Waals surface area contributed by atoms with Crippen LogP contribution in [0.2, 0.25) is 0 Å². The van der Waals surface area contributed by atoms with Gasteiger partial charge in [-0.2, -0.15) is 5.10 Å². The van der Waals surface area contributed by atoms with E-state index in [1.54, 1.807) is 14.0 Å². The zero-order valence-corrected chi connectivity index (χ0v) is 13.8. The van der Waals surface area contributed by atoms with Gasteiger partial charge < -0.3 is 14.8 Å². The predicted molar refractivity (Wildman–Crippen MR) is 85.5 cm³/mol. The molecule has 0 saturated heterocycles. The zero-order chi connectivity index (χ0) is 16.8. The summed E-state index contributed by atoms with van der Waals surface area (Å²) < 4.78 is 12.4. The summed E-state index contributed by atoms with van der Waals surface area (Å²) in [4.78, 5) is 16.1. The highest BCUT2D eigenvalue weighted by Gasteiger charge is 2.19. The number of methoxy groups -OCH3 is 1. The Morgan fingerprint density at radius 1 is 1.35 bits per heavy atom. The van der Waals surface area contributed by atoms with Gasteiger partial charge in [-0.25, -0.2) is 9.67 Å². The molecular weight excluding hydrogens is 296 g/mol. The molecule has 1 N–H and O–H groups in total. The molecule has 2 aromatic rings. The van der Waals surface area contributed by atoms with Crippen molar-refractivity contribution in [3.63, 3.8) is 0 Å². The minimum absolute atomic E-state index is 0.129. The minimum atomic E-state index is -0.426. The van der Waals surface area contributed by atoms with Crippen molar-refractivity contribution in [1.29, 1.82) is 0 Å². The highest BCUT2D eigenvalue weighted by Crippen LogP contribution is 2.30. The normalized spacial score (nSPS) is 13.2. The standard InChI is InChI=1S/C16H22N4O3/c1-5-23-14-7-6-13(8-15(14)22-4)11(2)19-16(21)12(3)20-10-17-9-18-20/h6-12H,5H2,1-4H3,(H,19,21)/t11-,12-/m0/s1. The lowest BCUT2D eigenvalue weighted by molar-refractivity contribution is -0.124. The molecule has 0 aliphatic carbocycles. The smallest absolute Gasteiger partial charge is 0.245 e. The maximum Gasteiger partial charge on any atom is 0.245 e. The van der Waals surface area contributed by atoms with E-state index in [-0.39, 0.29) is 11.9 Å². The van der Waals surface area contributed by atoms with E-state index >= 15 is 0 Å². The number of ether oxygens (including phenoxy) is 2. The maximum atomic E-state index is 12.3. The molecule has 0 fully saturated rings. The molecule has 1 aromatic heterocycles. The molecule has 0 unspecified atom stereocenters. The van der Waals surface area contributed by atoms with Gasteiger partial charge in [-0.3, -0.25) is 4.79 Å². The van der Waals surface area contributed by atoms with Crippen LogP contribution in [0.3, 0.4) is 0 Å². The van der Waals surface area contributed by atoms with Gasteiger partial charge in [0.15, 0.2) is 11.5 Å². The Kier molecular flexibility index (Phi) is 5.56. The summed E-state index contributed by atoms with van der Waals surface area (Å²) in [5, 5.41) is 6.95. The summed E-state index contributed by atoms with van der Waals surface area (Å²) in [5.74, 6) is 1.21. The van der Waals surface area contributed by atoms with Gasteiger partial charge in [0, 0.05) is 0 Å². The number of carbonyl (C=O) groups excluding carboxylic acids is 1. The lowest BCUT2D eigenvalue weighted by Crippen LogP contribution is -2.33. The number of benzene rings is 1. The van der Waals surface area contributed by atoms with Crippen LogP contribution in [0.15, 0.2) is 30.9 Å². The Bertz CT molecular complexity index is 643. The summed E-state index contributed by atoms with van der Waals surface area (Å²) in [7, 11) is 1.59. The lowest BCUT2D eigenvalue weighted by atomic mass is 10.1. The van der Waals surface area contributed by atoms with Crippen LogP contribution >= 0.6 is 0 Å². The number of nitrogens with zero attached hydrogens (tertiary/aromatic N) is 3. The number of nitrogens with one attached hydrogen (secondary N) is 1. The Balaban J connectivity index is 2.08. The van der Waals surface area contributed by atoms with E-state index in [1.807, 2.05) is 32.0 Å². The fourth-order valence-electron chi connectivity index (χ4n) is 2.18. The van der Waals surface area contributed by atoms with Crippen LogP contribution in [-0.4, -0.2) is 34.4 Å². The number of rotatable bonds is 7. The maximum absolute atomic E-state index is 12.3. The van der Waals surface area contributed by atoms with E-state index in [9.17, 15) is 4.79 Å². The van der Waals surface area contributed by atoms with Gasteiger partial charge in [0.2, 0.25) is 5.91 Å². The highest BCUT2D eigenvalue weighted by atomic mass is 16.5. The van der Waals surface area contributed by atoms with Crippen LogP contribution < -0.4 is 14.8 Å². The van der Waals surface area contributed by atoms with Crippen molar-refractivity contribution in [1.82, 2.24) is 20.1 Å². The number of hydrogen-bond acceptors (Lipinski definition) is 5. The molecule has 1 heterocycles. The molecule has 7 heteroatoms. The second-order valence-electron chi connectivity index (χ2n) is 5.13. The number of aromatic nitrogens is 3. The van der Waals surface area contributed by atoms with Crippen molar-refractivity contribution >= 4 is 5.91 Å². The number of carbonyl (C=O) groups is 1. The molecule has 2 atom stereocenters. The van der Waals surface area contributed by atoms with Crippen molar-refractivity contribution in [2.45, 2.75) is 32.9 Å². The number of amides is 1. The van der Waals surface area contributed by atoms with E-state index in [0.29, 0.717) is 18.1 Å². The van der Waals surface area contributed by atoms with E-state index in [4.69, 9.17) is 9.47 Å². The van der Waals surface area contributed by atoms with Gasteiger partial charge in [0.25, 0.3) is 0 Å². The average molecular weight is 318 g/mol. The third kappa shape index (κ3) is 4.00. The SMILES string of the molecule is CCOc1ccc([C@H](C)NC(=O)[C@H](C)n2cncn2)cc1OC. The zero-order valence-electron chi connectivity index (χ0n) is 13.8. The van der Waals surface area contributed by atoms with Crippen LogP contribution in [0.5, 0.6) is 11.5 Å². The molecule has 7 nitrogen and oxygen atoms in total. The topological polar surface area (TPSA) is 78.3 Å². The quantitative estimate of drug-likeness (QED) is 0.846. The van der Waals surface area contributed by atoms with Crippen LogP contribution in [0.25, 0.3) is 0 Å². The summed E-state index contributed by atoms with van der Waals surface area (Å²) in [6.45, 7) is 6.18. The Labute approximate surface area is 135 Å². The van der Waals surface area contributed by atoms with Gasteiger partial charge in [-0.05, 0) is 38.5 Å². The summed E-state index contributed by atoms with van der Waals surface area (Å²) in [5.41, 5.74) is 0.935. The van der Waals surface area contributed by atoms with Crippen LogP contribution in [0.4, 0.5) is 0 Å². The van der Waals surface area contributed by atoms with Crippen molar-refractivity contribution < 1.29 is 14.3 Å². The van der Waals surface area contributed by atoms with Crippen molar-refractivity contribution in [3.05, 3.63) is 36.4 Å². The molecule has 1 aromatic carbocycles. The molecule has 1 amide bonds. The van der Waals surface area contributed by atoms with E-state index in [0.717, 1.165) is 5.56 Å². The third-order valence-electron chi connectivity index (χ3n) is 3.56. The molecular formula is C16H22N4O3. The summed E-state index contributed by atoms with van der Waals surface area (Å²) in [6, 6.07) is 5.04. The fourth-order valence-corrected chi connectivity index (χ4v) is 2.18. The summed E-state index contributed by atoms with van der Waals surface area (Å²) in [6.07, 6.45) is 2.93. The molecule has 0 spiro atoms. The van der Waals surface area contributed by atoms with E-state index in [1.165, 1.54) is 17.3 Å². The molecule has 0 radical (unpaired) electrons. The van der Waals surface area contributed by atoms with Crippen LogP contribution in [-0.2, 0) is 4.79 Å². The first-order chi connectivity index (χ1) is 11.1. The third-order valence-corrected chi connectivity index (χ3v) is 3.56. The molecule has 0 bridgehead atoms. The van der Waals surface area contributed by atoms with Crippen molar-refractivity contribution in [2.75, 3.05) is 13.7 Å². The van der Waals surface area contributed by atoms with Gasteiger partial charge >= 0.3 is 0 Å². The van der Waals surface area contributed by atoms with Gasteiger partial charge in [-0.1, -0.05) is 6.07 Å². The molecule has 0 aliphatic heterocycles. The van der Waals surface area contributed by atoms with Gasteiger partial charge in [-0.15, -0.1) is 0 Å². The van der Waals surface area contributed by atoms with E-state index < -0.39 is 6.04 Å². The van der Waals surface area contributed by atoms with Crippen molar-refractivity contribution in [2.24, 2.45) is 0 Å². The molecule has 0 saturated carbocycles. The number of hydrogen-bond donors (Lipinski definition) is 1. The largest absolute Gasteiger partial charge is 0.493 e. The van der Waals surface area contributed by atoms with Crippen molar-refractivity contribution in [3.8, 4) is 11.5 Å². The van der Waals surface area contributed by atoms with Gasteiger partial charge in [0.1, 0.15) is 18.7 Å². The second-order valence-corrected chi connectivity index (χ2v) is 5.13. The lowest BCUT2D eigenvalue weighted by Gasteiger charge is -2.19. The summed E-state index contributed by atoms with van der Waals surface area (Å²) >= 11 is 0. The second kappa shape index (κ2) is 7.62. The Morgan fingerprint density at radius 3 is 2.74 bits per heavy atom. The van der Waals surface area contributed by atoms with Crippen LogP contribution in [0, 0.1) is 0 Å². The fraction of sp³-hybridized carbons (Fsp3) is 0.438. The van der Waals surface area contributed by atoms with Gasteiger partial charge in [0.05, 0.1) is 19.8 Å². The highest BCUT2D eigenvalue weighted by molar-refractivity contribution is 5.80. The molecule has 2 rings (SSSR count).